The van der Waals surface area contributed by atoms with Crippen LogP contribution < -0.4 is 0 Å². The molecule has 0 nitrogen and oxygen atoms in total. The third-order valence-corrected chi connectivity index (χ3v) is 6.49. The van der Waals surface area contributed by atoms with Crippen LogP contribution in [0.3, 0.4) is 0 Å². The van der Waals surface area contributed by atoms with Crippen LogP contribution in [0.25, 0.3) is 0 Å². The maximum Gasteiger partial charge on any atom is -0.0272 e. The van der Waals surface area contributed by atoms with Crippen LogP contribution in [0.1, 0.15) is 93.9 Å². The molecule has 0 amide bonds. The Morgan fingerprint density at radius 3 is 1.33 bits per heavy atom. The number of hydrogen-bond acceptors (Lipinski definition) is 0. The predicted molar refractivity (Wildman–Crippen MR) is 96.5 cm³/mol. The van der Waals surface area contributed by atoms with E-state index in [0.29, 0.717) is 0 Å². The van der Waals surface area contributed by atoms with Crippen LogP contribution in [0, 0.1) is 40.9 Å². The van der Waals surface area contributed by atoms with Gasteiger partial charge in [0.2, 0.25) is 0 Å². The van der Waals surface area contributed by atoms with Crippen LogP contribution in [0.4, 0.5) is 0 Å². The summed E-state index contributed by atoms with van der Waals surface area (Å²) in [6.07, 6.45) is 8.89. The van der Waals surface area contributed by atoms with Crippen molar-refractivity contribution in [1.82, 2.24) is 0 Å². The summed E-state index contributed by atoms with van der Waals surface area (Å²) in [5.41, 5.74) is 0.744. The van der Waals surface area contributed by atoms with E-state index in [1.165, 1.54) is 38.5 Å². The van der Waals surface area contributed by atoms with Crippen LogP contribution in [0.2, 0.25) is 0 Å². The fourth-order valence-electron chi connectivity index (χ4n) is 4.26. The SMILES string of the molecule is CC(C)C1CC(C(C)C)C1.CC(C)CC1(C(C)C)CCC1. The highest BCUT2D eigenvalue weighted by atomic mass is 14.4. The van der Waals surface area contributed by atoms with Gasteiger partial charge in [-0.2, -0.15) is 0 Å². The minimum Gasteiger partial charge on any atom is -0.0628 e. The van der Waals surface area contributed by atoms with Gasteiger partial charge in [0.05, 0.1) is 0 Å². The van der Waals surface area contributed by atoms with E-state index >= 15 is 0 Å². The Morgan fingerprint density at radius 1 is 0.762 bits per heavy atom. The second kappa shape index (κ2) is 8.02. The van der Waals surface area contributed by atoms with Crippen molar-refractivity contribution in [2.75, 3.05) is 0 Å². The average Bonchev–Trinajstić information content (AvgIpc) is 2.20. The summed E-state index contributed by atoms with van der Waals surface area (Å²) in [7, 11) is 0. The molecule has 0 aromatic rings. The minimum atomic E-state index is 0.744. The van der Waals surface area contributed by atoms with Crippen molar-refractivity contribution >= 4 is 0 Å². The zero-order valence-corrected chi connectivity index (χ0v) is 16.2. The molecule has 126 valence electrons. The highest BCUT2D eigenvalue weighted by molar-refractivity contribution is 4.90. The smallest absolute Gasteiger partial charge is 0.0272 e. The summed E-state index contributed by atoms with van der Waals surface area (Å²) in [6, 6.07) is 0. The highest BCUT2D eigenvalue weighted by Gasteiger charge is 2.39. The van der Waals surface area contributed by atoms with Gasteiger partial charge >= 0.3 is 0 Å². The first-order chi connectivity index (χ1) is 9.68. The summed E-state index contributed by atoms with van der Waals surface area (Å²) >= 11 is 0. The van der Waals surface area contributed by atoms with Gasteiger partial charge in [-0.25, -0.2) is 0 Å². The van der Waals surface area contributed by atoms with Crippen molar-refractivity contribution in [2.24, 2.45) is 40.9 Å². The van der Waals surface area contributed by atoms with E-state index in [9.17, 15) is 0 Å². The Bertz CT molecular complexity index is 262. The molecular formula is C21H42. The summed E-state index contributed by atoms with van der Waals surface area (Å²) in [5, 5.41) is 0. The van der Waals surface area contributed by atoms with Gasteiger partial charge in [-0.3, -0.25) is 0 Å². The molecule has 0 heterocycles. The van der Waals surface area contributed by atoms with Crippen LogP contribution in [-0.4, -0.2) is 0 Å². The van der Waals surface area contributed by atoms with E-state index < -0.39 is 0 Å². The molecule has 2 fully saturated rings. The first-order valence-electron chi connectivity index (χ1n) is 9.68. The van der Waals surface area contributed by atoms with Crippen LogP contribution >= 0.6 is 0 Å². The van der Waals surface area contributed by atoms with E-state index in [0.717, 1.165) is 40.9 Å². The second-order valence-corrected chi connectivity index (χ2v) is 9.45. The van der Waals surface area contributed by atoms with Gasteiger partial charge < -0.3 is 0 Å². The lowest BCUT2D eigenvalue weighted by atomic mass is 9.59. The number of hydrogen-bond donors (Lipinski definition) is 0. The average molecular weight is 295 g/mol. The summed E-state index contributed by atoms with van der Waals surface area (Å²) in [6.45, 7) is 18.9. The van der Waals surface area contributed by atoms with Crippen LogP contribution in [0.5, 0.6) is 0 Å². The Hall–Kier alpha value is 0. The molecule has 0 atom stereocenters. The van der Waals surface area contributed by atoms with Crippen molar-refractivity contribution in [3.05, 3.63) is 0 Å². The molecule has 0 heteroatoms. The number of rotatable bonds is 5. The molecule has 2 aliphatic rings. The normalized spacial score (nSPS) is 27.4. The third-order valence-electron chi connectivity index (χ3n) is 6.49. The molecular weight excluding hydrogens is 252 g/mol. The first kappa shape index (κ1) is 19.0. The van der Waals surface area contributed by atoms with Crippen molar-refractivity contribution in [2.45, 2.75) is 93.9 Å². The van der Waals surface area contributed by atoms with Gasteiger partial charge in [0.25, 0.3) is 0 Å². The molecule has 0 spiro atoms. The Labute approximate surface area is 135 Å². The topological polar surface area (TPSA) is 0 Å². The summed E-state index contributed by atoms with van der Waals surface area (Å²) in [4.78, 5) is 0. The Kier molecular flexibility index (Phi) is 7.28. The fraction of sp³-hybridized carbons (Fsp3) is 1.00. The van der Waals surface area contributed by atoms with E-state index in [4.69, 9.17) is 0 Å². The van der Waals surface area contributed by atoms with Gasteiger partial charge in [0, 0.05) is 0 Å². The fourth-order valence-corrected chi connectivity index (χ4v) is 4.26. The zero-order chi connectivity index (χ0) is 16.2. The lowest BCUT2D eigenvalue weighted by molar-refractivity contribution is 0.0424. The van der Waals surface area contributed by atoms with Crippen LogP contribution in [0.15, 0.2) is 0 Å². The lowest BCUT2D eigenvalue weighted by Gasteiger charge is -2.47. The van der Waals surface area contributed by atoms with E-state index in [2.05, 4.69) is 55.4 Å². The second-order valence-electron chi connectivity index (χ2n) is 9.45. The first-order valence-corrected chi connectivity index (χ1v) is 9.68. The van der Waals surface area contributed by atoms with Gasteiger partial charge in [0.1, 0.15) is 0 Å². The third kappa shape index (κ3) is 5.29. The summed E-state index contributed by atoms with van der Waals surface area (Å²) in [5.74, 6) is 5.74. The van der Waals surface area contributed by atoms with E-state index in [-0.39, 0.29) is 0 Å². The zero-order valence-electron chi connectivity index (χ0n) is 16.2. The standard InChI is InChI=1S/C11H22.C10H20/c1-9(2)8-11(10(3)4)6-5-7-11;1-7(2)9-5-10(6-9)8(3)4/h9-10H,5-8H2,1-4H3;7-10H,5-6H2,1-4H3. The van der Waals surface area contributed by atoms with Crippen molar-refractivity contribution < 1.29 is 0 Å². The van der Waals surface area contributed by atoms with E-state index in [1.54, 1.807) is 0 Å². The highest BCUT2D eigenvalue weighted by Crippen LogP contribution is 2.51. The lowest BCUT2D eigenvalue weighted by Crippen LogP contribution is -2.36. The van der Waals surface area contributed by atoms with Gasteiger partial charge in [-0.15, -0.1) is 0 Å². The molecule has 21 heavy (non-hydrogen) atoms. The Morgan fingerprint density at radius 2 is 1.19 bits per heavy atom. The van der Waals surface area contributed by atoms with Crippen molar-refractivity contribution in [1.29, 1.82) is 0 Å². The largest absolute Gasteiger partial charge is 0.0628 e. The molecule has 0 saturated heterocycles. The van der Waals surface area contributed by atoms with E-state index in [1.807, 2.05) is 0 Å². The molecule has 0 radical (unpaired) electrons. The predicted octanol–water partition coefficient (Wildman–Crippen LogP) is 7.18. The quantitative estimate of drug-likeness (QED) is 0.503. The molecule has 0 unspecified atom stereocenters. The molecule has 0 bridgehead atoms. The van der Waals surface area contributed by atoms with Gasteiger partial charge in [-0.1, -0.05) is 61.8 Å². The van der Waals surface area contributed by atoms with Gasteiger partial charge in [0.15, 0.2) is 0 Å². The molecule has 2 rings (SSSR count). The summed E-state index contributed by atoms with van der Waals surface area (Å²) < 4.78 is 0. The monoisotopic (exact) mass is 294 g/mol. The molecule has 2 saturated carbocycles. The van der Waals surface area contributed by atoms with Crippen LogP contribution in [-0.2, 0) is 0 Å². The minimum absolute atomic E-state index is 0.744. The molecule has 0 aromatic carbocycles. The molecule has 2 aliphatic carbocycles. The van der Waals surface area contributed by atoms with Gasteiger partial charge in [-0.05, 0) is 73.0 Å². The van der Waals surface area contributed by atoms with Crippen molar-refractivity contribution in [3.8, 4) is 0 Å². The Balaban J connectivity index is 0.000000211. The van der Waals surface area contributed by atoms with Crippen molar-refractivity contribution in [3.63, 3.8) is 0 Å². The molecule has 0 N–H and O–H groups in total. The maximum atomic E-state index is 2.39. The molecule has 0 aromatic heterocycles. The maximum absolute atomic E-state index is 2.39. The molecule has 0 aliphatic heterocycles.